The zero-order chi connectivity index (χ0) is 12.7. The highest BCUT2D eigenvalue weighted by molar-refractivity contribution is 8.01. The van der Waals surface area contributed by atoms with Crippen LogP contribution in [0.1, 0.15) is 13.8 Å². The molecule has 1 unspecified atom stereocenters. The van der Waals surface area contributed by atoms with Crippen molar-refractivity contribution in [3.63, 3.8) is 0 Å². The molecule has 2 aromatic rings. The molecule has 1 N–H and O–H groups in total. The highest BCUT2D eigenvalue weighted by atomic mass is 32.2. The first-order valence-electron chi connectivity index (χ1n) is 6.02. The minimum Gasteiger partial charge on any atom is -0.323 e. The number of amides is 1. The SMILES string of the molecule is CC(C)C1Sc2c(cnc3ccccc23)NC1=O. The zero-order valence-electron chi connectivity index (χ0n) is 10.3. The number of benzene rings is 1. The van der Waals surface area contributed by atoms with Crippen molar-refractivity contribution in [2.45, 2.75) is 24.0 Å². The Bertz CT molecular complexity index is 624. The molecule has 0 aliphatic carbocycles. The lowest BCUT2D eigenvalue weighted by molar-refractivity contribution is -0.116. The normalized spacial score (nSPS) is 18.8. The van der Waals surface area contributed by atoms with E-state index in [2.05, 4.69) is 30.2 Å². The van der Waals surface area contributed by atoms with Gasteiger partial charge in [0.2, 0.25) is 5.91 Å². The monoisotopic (exact) mass is 258 g/mol. The zero-order valence-corrected chi connectivity index (χ0v) is 11.1. The van der Waals surface area contributed by atoms with Crippen LogP contribution in [0.4, 0.5) is 5.69 Å². The summed E-state index contributed by atoms with van der Waals surface area (Å²) in [4.78, 5) is 17.5. The van der Waals surface area contributed by atoms with Gasteiger partial charge in [0.05, 0.1) is 22.7 Å². The van der Waals surface area contributed by atoms with E-state index in [0.29, 0.717) is 5.92 Å². The van der Waals surface area contributed by atoms with Crippen LogP contribution < -0.4 is 5.32 Å². The summed E-state index contributed by atoms with van der Waals surface area (Å²) in [5.74, 6) is 0.398. The molecule has 4 heteroatoms. The van der Waals surface area contributed by atoms with Gasteiger partial charge in [-0.1, -0.05) is 32.0 Å². The van der Waals surface area contributed by atoms with Crippen LogP contribution in [0.5, 0.6) is 0 Å². The number of hydrogen-bond donors (Lipinski definition) is 1. The molecule has 0 fully saturated rings. The van der Waals surface area contributed by atoms with E-state index in [-0.39, 0.29) is 11.2 Å². The maximum Gasteiger partial charge on any atom is 0.238 e. The van der Waals surface area contributed by atoms with E-state index < -0.39 is 0 Å². The standard InChI is InChI=1S/C14H14N2OS/c1-8(2)12-14(17)16-11-7-15-10-6-4-3-5-9(10)13(11)18-12/h3-8,12H,1-2H3,(H,16,17). The number of carbonyl (C=O) groups excluding carboxylic acids is 1. The van der Waals surface area contributed by atoms with Gasteiger partial charge >= 0.3 is 0 Å². The van der Waals surface area contributed by atoms with Crippen molar-refractivity contribution in [3.05, 3.63) is 30.5 Å². The van der Waals surface area contributed by atoms with Gasteiger partial charge in [-0.3, -0.25) is 9.78 Å². The Morgan fingerprint density at radius 3 is 2.89 bits per heavy atom. The largest absolute Gasteiger partial charge is 0.323 e. The summed E-state index contributed by atoms with van der Waals surface area (Å²) in [7, 11) is 0. The third-order valence-corrected chi connectivity index (χ3v) is 4.78. The van der Waals surface area contributed by atoms with E-state index in [1.54, 1.807) is 18.0 Å². The Labute approximate surface area is 110 Å². The maximum atomic E-state index is 12.0. The van der Waals surface area contributed by atoms with E-state index >= 15 is 0 Å². The van der Waals surface area contributed by atoms with E-state index in [1.807, 2.05) is 18.2 Å². The van der Waals surface area contributed by atoms with Crippen molar-refractivity contribution in [1.29, 1.82) is 0 Å². The molecule has 18 heavy (non-hydrogen) atoms. The molecule has 0 saturated heterocycles. The Hall–Kier alpha value is -1.55. The number of hydrogen-bond acceptors (Lipinski definition) is 3. The van der Waals surface area contributed by atoms with Crippen molar-refractivity contribution in [2.75, 3.05) is 5.32 Å². The first kappa shape index (κ1) is 11.5. The number of rotatable bonds is 1. The van der Waals surface area contributed by atoms with Gasteiger partial charge in [0.15, 0.2) is 0 Å². The summed E-state index contributed by atoms with van der Waals surface area (Å²) in [5.41, 5.74) is 1.81. The summed E-state index contributed by atoms with van der Waals surface area (Å²) in [6.07, 6.45) is 1.75. The summed E-state index contributed by atoms with van der Waals surface area (Å²) in [5, 5.41) is 4.05. The molecule has 0 bridgehead atoms. The molecule has 1 aliphatic rings. The van der Waals surface area contributed by atoms with Crippen LogP contribution in [0.2, 0.25) is 0 Å². The molecule has 1 aromatic carbocycles. The summed E-state index contributed by atoms with van der Waals surface area (Å²) < 4.78 is 0. The van der Waals surface area contributed by atoms with Crippen LogP contribution in [-0.4, -0.2) is 16.1 Å². The molecule has 3 nitrogen and oxygen atoms in total. The number of para-hydroxylation sites is 1. The summed E-state index contributed by atoms with van der Waals surface area (Å²) in [6.45, 7) is 4.15. The predicted molar refractivity (Wildman–Crippen MR) is 74.9 cm³/mol. The van der Waals surface area contributed by atoms with E-state index in [1.165, 1.54) is 0 Å². The van der Waals surface area contributed by atoms with Crippen LogP contribution >= 0.6 is 11.8 Å². The number of nitrogens with zero attached hydrogens (tertiary/aromatic N) is 1. The van der Waals surface area contributed by atoms with Crippen molar-refractivity contribution >= 4 is 34.3 Å². The Kier molecular flexibility index (Phi) is 2.74. The Morgan fingerprint density at radius 2 is 2.11 bits per heavy atom. The van der Waals surface area contributed by atoms with Gasteiger partial charge in [-0.15, -0.1) is 11.8 Å². The average molecular weight is 258 g/mol. The third-order valence-electron chi connectivity index (χ3n) is 3.09. The average Bonchev–Trinajstić information content (AvgIpc) is 2.37. The number of carbonyl (C=O) groups is 1. The fraction of sp³-hybridized carbons (Fsp3) is 0.286. The number of nitrogens with one attached hydrogen (secondary N) is 1. The van der Waals surface area contributed by atoms with E-state index in [9.17, 15) is 4.79 Å². The van der Waals surface area contributed by atoms with Gasteiger partial charge in [0.25, 0.3) is 0 Å². The van der Waals surface area contributed by atoms with Gasteiger partial charge in [-0.05, 0) is 12.0 Å². The predicted octanol–water partition coefficient (Wildman–Crippen LogP) is 3.30. The number of thioether (sulfide) groups is 1. The molecule has 0 radical (unpaired) electrons. The molecule has 1 atom stereocenters. The third kappa shape index (κ3) is 1.77. The lowest BCUT2D eigenvalue weighted by Crippen LogP contribution is -2.32. The minimum atomic E-state index is -0.0247. The summed E-state index contributed by atoms with van der Waals surface area (Å²) >= 11 is 1.65. The second kappa shape index (κ2) is 4.28. The van der Waals surface area contributed by atoms with Crippen molar-refractivity contribution in [2.24, 2.45) is 5.92 Å². The molecule has 92 valence electrons. The van der Waals surface area contributed by atoms with Crippen molar-refractivity contribution in [1.82, 2.24) is 4.98 Å². The van der Waals surface area contributed by atoms with E-state index in [0.717, 1.165) is 21.5 Å². The van der Waals surface area contributed by atoms with Gasteiger partial charge in [0, 0.05) is 10.3 Å². The highest BCUT2D eigenvalue weighted by Gasteiger charge is 2.30. The van der Waals surface area contributed by atoms with Crippen LogP contribution in [-0.2, 0) is 4.79 Å². The Balaban J connectivity index is 2.17. The molecule has 1 amide bonds. The molecule has 3 rings (SSSR count). The molecule has 2 heterocycles. The molecule has 0 saturated carbocycles. The minimum absolute atomic E-state index is 0.0247. The van der Waals surface area contributed by atoms with E-state index in [4.69, 9.17) is 0 Å². The molecular formula is C14H14N2OS. The Morgan fingerprint density at radius 1 is 1.33 bits per heavy atom. The highest BCUT2D eigenvalue weighted by Crippen LogP contribution is 2.41. The lowest BCUT2D eigenvalue weighted by atomic mass is 10.1. The molecular weight excluding hydrogens is 244 g/mol. The number of fused-ring (bicyclic) bond motifs is 3. The second-order valence-electron chi connectivity index (χ2n) is 4.79. The fourth-order valence-electron chi connectivity index (χ4n) is 2.16. The van der Waals surface area contributed by atoms with Crippen LogP contribution in [0.15, 0.2) is 35.4 Å². The molecule has 0 spiro atoms. The van der Waals surface area contributed by atoms with Crippen LogP contribution in [0.3, 0.4) is 0 Å². The number of aromatic nitrogens is 1. The summed E-state index contributed by atoms with van der Waals surface area (Å²) in [6, 6.07) is 8.04. The van der Waals surface area contributed by atoms with Gasteiger partial charge < -0.3 is 5.32 Å². The fourth-order valence-corrected chi connectivity index (χ4v) is 3.38. The maximum absolute atomic E-state index is 12.0. The smallest absolute Gasteiger partial charge is 0.238 e. The lowest BCUT2D eigenvalue weighted by Gasteiger charge is -2.27. The quantitative estimate of drug-likeness (QED) is 0.853. The topological polar surface area (TPSA) is 42.0 Å². The number of pyridine rings is 1. The van der Waals surface area contributed by atoms with Crippen molar-refractivity contribution in [3.8, 4) is 0 Å². The van der Waals surface area contributed by atoms with Crippen LogP contribution in [0, 0.1) is 5.92 Å². The second-order valence-corrected chi connectivity index (χ2v) is 5.94. The molecule has 1 aromatic heterocycles. The van der Waals surface area contributed by atoms with Crippen LogP contribution in [0.25, 0.3) is 10.9 Å². The first-order valence-corrected chi connectivity index (χ1v) is 6.90. The molecule has 1 aliphatic heterocycles. The first-order chi connectivity index (χ1) is 8.66. The van der Waals surface area contributed by atoms with Gasteiger partial charge in [0.1, 0.15) is 0 Å². The van der Waals surface area contributed by atoms with Gasteiger partial charge in [-0.25, -0.2) is 0 Å². The van der Waals surface area contributed by atoms with Crippen molar-refractivity contribution < 1.29 is 4.79 Å². The number of anilines is 1. The van der Waals surface area contributed by atoms with Gasteiger partial charge in [-0.2, -0.15) is 0 Å².